The summed E-state index contributed by atoms with van der Waals surface area (Å²) in [4.78, 5) is 11.9. The van der Waals surface area contributed by atoms with Crippen molar-refractivity contribution in [2.45, 2.75) is 0 Å². The molecule has 0 saturated carbocycles. The van der Waals surface area contributed by atoms with E-state index in [1.54, 1.807) is 12.1 Å². The lowest BCUT2D eigenvalue weighted by molar-refractivity contribution is 0.103. The number of hydrogen-bond donors (Lipinski definition) is 1. The lowest BCUT2D eigenvalue weighted by Crippen LogP contribution is -2.01. The number of rotatable bonds is 2. The predicted octanol–water partition coefficient (Wildman–Crippen LogP) is 2.76. The van der Waals surface area contributed by atoms with Gasteiger partial charge in [-0.3, -0.25) is 4.79 Å². The number of carbonyl (C=O) groups excluding carboxylic acids is 1. The fourth-order valence-electron chi connectivity index (χ4n) is 1.44. The molecule has 0 spiro atoms. The third-order valence-corrected chi connectivity index (χ3v) is 2.20. The zero-order valence-corrected chi connectivity index (χ0v) is 8.35. The molecule has 80 valence electrons. The number of benzene rings is 2. The molecule has 3 heteroatoms. The molecule has 0 radical (unpaired) electrons. The summed E-state index contributed by atoms with van der Waals surface area (Å²) < 4.78 is 12.9. The molecule has 0 fully saturated rings. The molecule has 1 N–H and O–H groups in total. The van der Waals surface area contributed by atoms with E-state index < -0.39 is 5.82 Å². The smallest absolute Gasteiger partial charge is 0.193 e. The molecular weight excluding hydrogens is 207 g/mol. The normalized spacial score (nSPS) is 10.1. The molecule has 2 aromatic rings. The van der Waals surface area contributed by atoms with E-state index in [0.717, 1.165) is 0 Å². The van der Waals surface area contributed by atoms with Gasteiger partial charge in [0.1, 0.15) is 11.6 Å². The number of phenolic OH excluding ortho intramolecular Hbond substituents is 1. The third-order valence-electron chi connectivity index (χ3n) is 2.20. The number of phenols is 1. The highest BCUT2D eigenvalue weighted by molar-refractivity contribution is 6.09. The highest BCUT2D eigenvalue weighted by atomic mass is 19.1. The van der Waals surface area contributed by atoms with Crippen LogP contribution >= 0.6 is 0 Å². The molecule has 0 aliphatic rings. The maximum Gasteiger partial charge on any atom is 0.193 e. The summed E-state index contributed by atoms with van der Waals surface area (Å²) in [6.07, 6.45) is 0. The lowest BCUT2D eigenvalue weighted by atomic mass is 10.0. The summed E-state index contributed by atoms with van der Waals surface area (Å²) >= 11 is 0. The van der Waals surface area contributed by atoms with Crippen molar-refractivity contribution in [2.24, 2.45) is 0 Å². The van der Waals surface area contributed by atoms with Gasteiger partial charge < -0.3 is 5.11 Å². The molecule has 2 rings (SSSR count). The van der Waals surface area contributed by atoms with Gasteiger partial charge in [-0.25, -0.2) is 4.39 Å². The lowest BCUT2D eigenvalue weighted by Gasteiger charge is -2.01. The Hall–Kier alpha value is -2.16. The van der Waals surface area contributed by atoms with Crippen LogP contribution in [0, 0.1) is 5.82 Å². The zero-order chi connectivity index (χ0) is 11.5. The summed E-state index contributed by atoms with van der Waals surface area (Å²) in [6.45, 7) is 0. The van der Waals surface area contributed by atoms with Gasteiger partial charge in [-0.05, 0) is 24.3 Å². The minimum atomic E-state index is -0.453. The van der Waals surface area contributed by atoms with Gasteiger partial charge in [-0.2, -0.15) is 0 Å². The molecule has 0 bridgehead atoms. The van der Waals surface area contributed by atoms with Crippen LogP contribution in [0.25, 0.3) is 0 Å². The first-order valence-corrected chi connectivity index (χ1v) is 4.76. The van der Waals surface area contributed by atoms with Gasteiger partial charge in [-0.15, -0.1) is 0 Å². The molecular formula is C13H9FO2. The van der Waals surface area contributed by atoms with Gasteiger partial charge in [0.2, 0.25) is 0 Å². The summed E-state index contributed by atoms with van der Waals surface area (Å²) in [5.41, 5.74) is 0.608. The number of ketones is 1. The summed E-state index contributed by atoms with van der Waals surface area (Å²) in [5.74, 6) is -0.747. The minimum absolute atomic E-state index is 0.0160. The van der Waals surface area contributed by atoms with Crippen LogP contribution in [0.15, 0.2) is 48.5 Å². The van der Waals surface area contributed by atoms with Crippen molar-refractivity contribution < 1.29 is 14.3 Å². The Morgan fingerprint density at radius 3 is 2.25 bits per heavy atom. The molecule has 0 aliphatic carbocycles. The van der Waals surface area contributed by atoms with Gasteiger partial charge in [-0.1, -0.05) is 24.3 Å². The molecule has 0 unspecified atom stereocenters. The number of halogens is 1. The van der Waals surface area contributed by atoms with E-state index in [1.807, 2.05) is 0 Å². The van der Waals surface area contributed by atoms with Crippen LogP contribution in [-0.4, -0.2) is 10.9 Å². The average Bonchev–Trinajstić information content (AvgIpc) is 2.28. The first kappa shape index (κ1) is 10.4. The summed E-state index contributed by atoms with van der Waals surface area (Å²) in [6, 6.07) is 11.4. The van der Waals surface area contributed by atoms with Crippen LogP contribution in [0.4, 0.5) is 4.39 Å². The molecule has 0 aromatic heterocycles. The van der Waals surface area contributed by atoms with Crippen LogP contribution < -0.4 is 0 Å². The third kappa shape index (κ3) is 2.08. The second kappa shape index (κ2) is 4.14. The number of aromatic hydroxyl groups is 1. The SMILES string of the molecule is O=C(c1cccc(O)c1)c1cccc(F)c1. The quantitative estimate of drug-likeness (QED) is 0.784. The van der Waals surface area contributed by atoms with E-state index in [4.69, 9.17) is 0 Å². The molecule has 0 saturated heterocycles. The Bertz CT molecular complexity index is 487. The molecule has 0 heterocycles. The zero-order valence-electron chi connectivity index (χ0n) is 8.35. The average molecular weight is 216 g/mol. The minimum Gasteiger partial charge on any atom is -0.508 e. The van der Waals surface area contributed by atoms with Crippen LogP contribution in [-0.2, 0) is 0 Å². The van der Waals surface area contributed by atoms with E-state index in [0.29, 0.717) is 5.56 Å². The molecule has 0 atom stereocenters. The maximum atomic E-state index is 12.9. The van der Waals surface area contributed by atoms with Crippen LogP contribution in [0.1, 0.15) is 15.9 Å². The van der Waals surface area contributed by atoms with E-state index in [2.05, 4.69) is 0 Å². The van der Waals surface area contributed by atoms with Crippen LogP contribution in [0.5, 0.6) is 5.75 Å². The van der Waals surface area contributed by atoms with E-state index >= 15 is 0 Å². The van der Waals surface area contributed by atoms with Crippen molar-refractivity contribution in [1.29, 1.82) is 0 Å². The topological polar surface area (TPSA) is 37.3 Å². The number of carbonyl (C=O) groups is 1. The summed E-state index contributed by atoms with van der Waals surface area (Å²) in [7, 11) is 0. The van der Waals surface area contributed by atoms with Crippen molar-refractivity contribution in [3.8, 4) is 5.75 Å². The van der Waals surface area contributed by atoms with Gasteiger partial charge in [0.15, 0.2) is 5.78 Å². The Morgan fingerprint density at radius 2 is 1.62 bits per heavy atom. The van der Waals surface area contributed by atoms with Gasteiger partial charge in [0, 0.05) is 11.1 Å². The molecule has 16 heavy (non-hydrogen) atoms. The monoisotopic (exact) mass is 216 g/mol. The van der Waals surface area contributed by atoms with Gasteiger partial charge >= 0.3 is 0 Å². The fourth-order valence-corrected chi connectivity index (χ4v) is 1.44. The fraction of sp³-hybridized carbons (Fsp3) is 0. The Kier molecular flexibility index (Phi) is 2.68. The second-order valence-corrected chi connectivity index (χ2v) is 3.39. The molecule has 2 aromatic carbocycles. The Morgan fingerprint density at radius 1 is 1.00 bits per heavy atom. The van der Waals surface area contributed by atoms with Gasteiger partial charge in [0.25, 0.3) is 0 Å². The maximum absolute atomic E-state index is 12.9. The number of hydrogen-bond acceptors (Lipinski definition) is 2. The predicted molar refractivity (Wildman–Crippen MR) is 57.9 cm³/mol. The molecule has 2 nitrogen and oxygen atoms in total. The van der Waals surface area contributed by atoms with Crippen LogP contribution in [0.3, 0.4) is 0 Å². The van der Waals surface area contributed by atoms with Crippen molar-refractivity contribution >= 4 is 5.78 Å². The van der Waals surface area contributed by atoms with Crippen molar-refractivity contribution in [2.75, 3.05) is 0 Å². The molecule has 0 amide bonds. The summed E-state index contributed by atoms with van der Waals surface area (Å²) in [5, 5.41) is 9.24. The van der Waals surface area contributed by atoms with Crippen molar-refractivity contribution in [3.63, 3.8) is 0 Å². The highest BCUT2D eigenvalue weighted by Crippen LogP contribution is 2.15. The Labute approximate surface area is 92.0 Å². The van der Waals surface area contributed by atoms with E-state index in [1.165, 1.54) is 36.4 Å². The van der Waals surface area contributed by atoms with E-state index in [9.17, 15) is 14.3 Å². The first-order valence-electron chi connectivity index (χ1n) is 4.76. The standard InChI is InChI=1S/C13H9FO2/c14-11-5-1-3-9(7-11)13(16)10-4-2-6-12(15)8-10/h1-8,15H. The van der Waals surface area contributed by atoms with Crippen LogP contribution in [0.2, 0.25) is 0 Å². The van der Waals surface area contributed by atoms with E-state index in [-0.39, 0.29) is 17.1 Å². The second-order valence-electron chi connectivity index (χ2n) is 3.39. The highest BCUT2D eigenvalue weighted by Gasteiger charge is 2.09. The van der Waals surface area contributed by atoms with Crippen molar-refractivity contribution in [1.82, 2.24) is 0 Å². The molecule has 0 aliphatic heterocycles. The van der Waals surface area contributed by atoms with Gasteiger partial charge in [0.05, 0.1) is 0 Å². The Balaban J connectivity index is 2.39. The van der Waals surface area contributed by atoms with Crippen molar-refractivity contribution in [3.05, 3.63) is 65.5 Å². The first-order chi connectivity index (χ1) is 7.66. The largest absolute Gasteiger partial charge is 0.508 e.